The number of rotatable bonds is 7. The fraction of sp³-hybridized carbons (Fsp3) is 0.0800. The van der Waals surface area contributed by atoms with E-state index in [-0.39, 0.29) is 10.6 Å². The summed E-state index contributed by atoms with van der Waals surface area (Å²) in [5.74, 6) is -0.305. The van der Waals surface area contributed by atoms with Crippen LogP contribution in [0.15, 0.2) is 78.9 Å². The van der Waals surface area contributed by atoms with Crippen molar-refractivity contribution in [3.05, 3.63) is 106 Å². The number of anilines is 1. The number of aromatic carboxylic acids is 1. The molecular weight excluding hydrogens is 433 g/mol. The smallest absolute Gasteiger partial charge is 0.337 e. The van der Waals surface area contributed by atoms with E-state index >= 15 is 0 Å². The van der Waals surface area contributed by atoms with Crippen molar-refractivity contribution < 1.29 is 14.6 Å². The van der Waals surface area contributed by atoms with Gasteiger partial charge >= 0.3 is 5.97 Å². The molecule has 0 fully saturated rings. The van der Waals surface area contributed by atoms with Gasteiger partial charge in [0.1, 0.15) is 12.4 Å². The third-order valence-corrected chi connectivity index (χ3v) is 5.69. The lowest BCUT2D eigenvalue weighted by Gasteiger charge is -2.16. The molecule has 4 aromatic carbocycles. The minimum absolute atomic E-state index is 0.0705. The summed E-state index contributed by atoms with van der Waals surface area (Å²) in [5.41, 5.74) is 2.69. The molecule has 0 radical (unpaired) electrons. The SMILES string of the molecule is O=C(O)c1ccc(NCc2c(OCc3ccccc3Cl)ccc3ccccc23)cc1Cl. The quantitative estimate of drug-likeness (QED) is 0.316. The van der Waals surface area contributed by atoms with Crippen molar-refractivity contribution >= 4 is 45.6 Å². The highest BCUT2D eigenvalue weighted by atomic mass is 35.5. The molecule has 0 atom stereocenters. The molecule has 0 bridgehead atoms. The summed E-state index contributed by atoms with van der Waals surface area (Å²) in [6, 6.07) is 24.5. The van der Waals surface area contributed by atoms with Crippen LogP contribution in [0.5, 0.6) is 5.75 Å². The van der Waals surface area contributed by atoms with Crippen LogP contribution in [0, 0.1) is 0 Å². The van der Waals surface area contributed by atoms with Crippen LogP contribution in [-0.4, -0.2) is 11.1 Å². The third-order valence-electron chi connectivity index (χ3n) is 5.01. The summed E-state index contributed by atoms with van der Waals surface area (Å²) in [5, 5.41) is 15.5. The fourth-order valence-electron chi connectivity index (χ4n) is 3.39. The van der Waals surface area contributed by atoms with Gasteiger partial charge in [-0.2, -0.15) is 0 Å². The Balaban J connectivity index is 1.62. The number of carboxylic acid groups (broad SMARTS) is 1. The molecule has 0 unspecified atom stereocenters. The Morgan fingerprint density at radius 2 is 1.68 bits per heavy atom. The molecule has 6 heteroatoms. The van der Waals surface area contributed by atoms with Crippen molar-refractivity contribution in [2.75, 3.05) is 5.32 Å². The van der Waals surface area contributed by atoms with E-state index in [1.807, 2.05) is 48.5 Å². The standard InChI is InChI=1S/C25H19Cl2NO3/c26-22-8-4-2-6-17(22)15-31-24-12-9-16-5-1-3-7-19(16)21(24)14-28-18-10-11-20(25(29)30)23(27)13-18/h1-13,28H,14-15H2,(H,29,30). The first-order chi connectivity index (χ1) is 15.0. The Morgan fingerprint density at radius 3 is 2.45 bits per heavy atom. The molecule has 0 saturated carbocycles. The van der Waals surface area contributed by atoms with Crippen LogP contribution in [-0.2, 0) is 13.2 Å². The lowest BCUT2D eigenvalue weighted by molar-refractivity contribution is 0.0697. The fourth-order valence-corrected chi connectivity index (χ4v) is 3.85. The van der Waals surface area contributed by atoms with Crippen LogP contribution in [0.3, 0.4) is 0 Å². The van der Waals surface area contributed by atoms with Gasteiger partial charge < -0.3 is 15.2 Å². The number of nitrogens with one attached hydrogen (secondary N) is 1. The van der Waals surface area contributed by atoms with Crippen LogP contribution in [0.25, 0.3) is 10.8 Å². The molecule has 0 aliphatic rings. The molecule has 0 aliphatic heterocycles. The van der Waals surface area contributed by atoms with Gasteiger partial charge in [0.05, 0.1) is 10.6 Å². The summed E-state index contributed by atoms with van der Waals surface area (Å²) in [6.45, 7) is 0.826. The van der Waals surface area contributed by atoms with Gasteiger partial charge in [-0.1, -0.05) is 71.7 Å². The van der Waals surface area contributed by atoms with E-state index in [2.05, 4.69) is 17.4 Å². The molecule has 2 N–H and O–H groups in total. The monoisotopic (exact) mass is 451 g/mol. The Hall–Kier alpha value is -3.21. The molecule has 4 nitrogen and oxygen atoms in total. The van der Waals surface area contributed by atoms with Gasteiger partial charge in [-0.05, 0) is 41.1 Å². The van der Waals surface area contributed by atoms with Crippen molar-refractivity contribution in [2.45, 2.75) is 13.2 Å². The normalized spacial score (nSPS) is 10.8. The number of ether oxygens (including phenoxy) is 1. The third kappa shape index (κ3) is 4.76. The number of halogens is 2. The number of benzene rings is 4. The second-order valence-electron chi connectivity index (χ2n) is 7.00. The molecular formula is C25H19Cl2NO3. The van der Waals surface area contributed by atoms with E-state index in [4.69, 9.17) is 33.0 Å². The number of fused-ring (bicyclic) bond motifs is 1. The molecule has 0 spiro atoms. The summed E-state index contributed by atoms with van der Waals surface area (Å²) < 4.78 is 6.15. The lowest BCUT2D eigenvalue weighted by Crippen LogP contribution is -2.05. The van der Waals surface area contributed by atoms with Crippen LogP contribution in [0.4, 0.5) is 5.69 Å². The predicted octanol–water partition coefficient (Wildman–Crippen LogP) is 7.04. The summed E-state index contributed by atoms with van der Waals surface area (Å²) in [7, 11) is 0. The maximum Gasteiger partial charge on any atom is 0.337 e. The Morgan fingerprint density at radius 1 is 0.903 bits per heavy atom. The molecule has 4 rings (SSSR count). The van der Waals surface area contributed by atoms with Gasteiger partial charge in [0.15, 0.2) is 0 Å². The predicted molar refractivity (Wildman–Crippen MR) is 125 cm³/mol. The highest BCUT2D eigenvalue weighted by molar-refractivity contribution is 6.33. The van der Waals surface area contributed by atoms with Crippen LogP contribution < -0.4 is 10.1 Å². The van der Waals surface area contributed by atoms with Crippen LogP contribution in [0.2, 0.25) is 10.0 Å². The largest absolute Gasteiger partial charge is 0.488 e. The second-order valence-corrected chi connectivity index (χ2v) is 7.81. The first-order valence-corrected chi connectivity index (χ1v) is 10.4. The average Bonchev–Trinajstić information content (AvgIpc) is 2.77. The van der Waals surface area contributed by atoms with E-state index in [9.17, 15) is 4.79 Å². The molecule has 31 heavy (non-hydrogen) atoms. The molecule has 0 aromatic heterocycles. The minimum atomic E-state index is -1.05. The zero-order chi connectivity index (χ0) is 21.8. The minimum Gasteiger partial charge on any atom is -0.488 e. The van der Waals surface area contributed by atoms with Crippen molar-refractivity contribution in [3.63, 3.8) is 0 Å². The van der Waals surface area contributed by atoms with Crippen molar-refractivity contribution in [1.82, 2.24) is 0 Å². The summed E-state index contributed by atoms with van der Waals surface area (Å²) >= 11 is 12.4. The molecule has 0 heterocycles. The van der Waals surface area contributed by atoms with Gasteiger partial charge in [-0.15, -0.1) is 0 Å². The van der Waals surface area contributed by atoms with E-state index in [0.717, 1.165) is 33.3 Å². The van der Waals surface area contributed by atoms with Gasteiger partial charge in [-0.3, -0.25) is 0 Å². The molecule has 0 amide bonds. The molecule has 4 aromatic rings. The number of hydrogen-bond donors (Lipinski definition) is 2. The van der Waals surface area contributed by atoms with Crippen LogP contribution >= 0.6 is 23.2 Å². The lowest BCUT2D eigenvalue weighted by atomic mass is 10.0. The number of carbonyl (C=O) groups is 1. The van der Waals surface area contributed by atoms with Gasteiger partial charge in [0.2, 0.25) is 0 Å². The van der Waals surface area contributed by atoms with Crippen molar-refractivity contribution in [1.29, 1.82) is 0 Å². The maximum atomic E-state index is 11.2. The maximum absolute atomic E-state index is 11.2. The van der Waals surface area contributed by atoms with Gasteiger partial charge in [-0.25, -0.2) is 4.79 Å². The first-order valence-electron chi connectivity index (χ1n) is 9.66. The summed E-state index contributed by atoms with van der Waals surface area (Å²) in [6.07, 6.45) is 0. The zero-order valence-electron chi connectivity index (χ0n) is 16.4. The van der Waals surface area contributed by atoms with E-state index in [1.165, 1.54) is 6.07 Å². The van der Waals surface area contributed by atoms with Crippen LogP contribution in [0.1, 0.15) is 21.5 Å². The van der Waals surface area contributed by atoms with E-state index < -0.39 is 5.97 Å². The molecule has 0 saturated heterocycles. The second kappa shape index (κ2) is 9.29. The Bertz CT molecular complexity index is 1260. The highest BCUT2D eigenvalue weighted by Crippen LogP contribution is 2.31. The topological polar surface area (TPSA) is 58.6 Å². The van der Waals surface area contributed by atoms with Crippen molar-refractivity contribution in [2.24, 2.45) is 0 Å². The molecule has 156 valence electrons. The number of hydrogen-bond acceptors (Lipinski definition) is 3. The van der Waals surface area contributed by atoms with E-state index in [1.54, 1.807) is 12.1 Å². The highest BCUT2D eigenvalue weighted by Gasteiger charge is 2.12. The number of carboxylic acids is 1. The Labute approximate surface area is 190 Å². The first kappa shape index (κ1) is 21.0. The zero-order valence-corrected chi connectivity index (χ0v) is 18.0. The molecule has 0 aliphatic carbocycles. The summed E-state index contributed by atoms with van der Waals surface area (Å²) in [4.78, 5) is 11.2. The van der Waals surface area contributed by atoms with E-state index in [0.29, 0.717) is 18.2 Å². The van der Waals surface area contributed by atoms with Gasteiger partial charge in [0.25, 0.3) is 0 Å². The average molecular weight is 452 g/mol. The van der Waals surface area contributed by atoms with Gasteiger partial charge in [0, 0.05) is 28.4 Å². The van der Waals surface area contributed by atoms with Crippen molar-refractivity contribution in [3.8, 4) is 5.75 Å². The Kier molecular flexibility index (Phi) is 6.31.